The third-order valence-corrected chi connectivity index (χ3v) is 3.85. The van der Waals surface area contributed by atoms with Crippen molar-refractivity contribution >= 4 is 44.3 Å². The Morgan fingerprint density at radius 2 is 2.06 bits per heavy atom. The quantitative estimate of drug-likeness (QED) is 0.538. The van der Waals surface area contributed by atoms with Crippen molar-refractivity contribution in [3.05, 3.63) is 27.3 Å². The minimum Gasteiger partial charge on any atom is -0.405 e. The average Bonchev–Trinajstić information content (AvgIpc) is 2.18. The number of Topliss-reactive ketones (excluding diaryl/α,β-unsaturated/α-hetero) is 1. The van der Waals surface area contributed by atoms with Crippen LogP contribution in [-0.2, 0) is 4.79 Å². The lowest BCUT2D eigenvalue weighted by atomic mass is 10.1. The van der Waals surface area contributed by atoms with Gasteiger partial charge in [0, 0.05) is 0 Å². The predicted molar refractivity (Wildman–Crippen MR) is 68.2 cm³/mol. The second-order valence-electron chi connectivity index (χ2n) is 3.21. The molecule has 0 aliphatic rings. The molecule has 0 spiro atoms. The Kier molecular flexibility index (Phi) is 4.82. The van der Waals surface area contributed by atoms with Crippen LogP contribution in [0, 0.1) is 3.57 Å². The van der Waals surface area contributed by atoms with Crippen molar-refractivity contribution in [1.29, 1.82) is 0 Å². The summed E-state index contributed by atoms with van der Waals surface area (Å²) in [6.45, 7) is 1.40. The SMILES string of the molecule is CC(=O)C(Br)c1ccc(OC(F)(F)F)c(I)c1. The Bertz CT molecular complexity index is 434. The van der Waals surface area contributed by atoms with Crippen LogP contribution in [0.4, 0.5) is 13.2 Å². The molecule has 0 N–H and O–H groups in total. The fraction of sp³-hybridized carbons (Fsp3) is 0.300. The number of carbonyl (C=O) groups is 1. The highest BCUT2D eigenvalue weighted by Crippen LogP contribution is 2.32. The van der Waals surface area contributed by atoms with Crippen LogP contribution in [0.25, 0.3) is 0 Å². The molecule has 0 aliphatic heterocycles. The molecule has 0 radical (unpaired) electrons. The smallest absolute Gasteiger partial charge is 0.405 e. The maximum Gasteiger partial charge on any atom is 0.573 e. The molecule has 0 fully saturated rings. The molecule has 0 saturated heterocycles. The number of hydrogen-bond acceptors (Lipinski definition) is 2. The largest absolute Gasteiger partial charge is 0.573 e. The zero-order chi connectivity index (χ0) is 13.2. The van der Waals surface area contributed by atoms with E-state index in [1.165, 1.54) is 25.1 Å². The first-order chi connectivity index (χ1) is 7.70. The second-order valence-corrected chi connectivity index (χ2v) is 5.29. The van der Waals surface area contributed by atoms with Gasteiger partial charge in [-0.25, -0.2) is 0 Å². The third-order valence-electron chi connectivity index (χ3n) is 1.83. The summed E-state index contributed by atoms with van der Waals surface area (Å²) in [5.74, 6) is -0.393. The first-order valence-corrected chi connectivity index (χ1v) is 6.40. The molecule has 0 saturated carbocycles. The summed E-state index contributed by atoms with van der Waals surface area (Å²) >= 11 is 4.88. The summed E-state index contributed by atoms with van der Waals surface area (Å²) < 4.78 is 40.2. The van der Waals surface area contributed by atoms with E-state index in [1.54, 1.807) is 22.6 Å². The summed E-state index contributed by atoms with van der Waals surface area (Å²) in [6, 6.07) is 4.09. The van der Waals surface area contributed by atoms with Gasteiger partial charge in [0.05, 0.1) is 8.40 Å². The average molecular weight is 423 g/mol. The lowest BCUT2D eigenvalue weighted by Gasteiger charge is -2.12. The first kappa shape index (κ1) is 14.7. The topological polar surface area (TPSA) is 26.3 Å². The number of alkyl halides is 4. The third kappa shape index (κ3) is 4.46. The molecule has 1 aromatic carbocycles. The number of hydrogen-bond donors (Lipinski definition) is 0. The van der Waals surface area contributed by atoms with E-state index in [0.717, 1.165) is 0 Å². The summed E-state index contributed by atoms with van der Waals surface area (Å²) in [4.78, 5) is 10.6. The zero-order valence-electron chi connectivity index (χ0n) is 8.52. The monoisotopic (exact) mass is 422 g/mol. The van der Waals surface area contributed by atoms with Crippen LogP contribution in [0.1, 0.15) is 17.3 Å². The van der Waals surface area contributed by atoms with Crippen LogP contribution in [0.15, 0.2) is 18.2 Å². The van der Waals surface area contributed by atoms with Crippen molar-refractivity contribution in [2.24, 2.45) is 0 Å². The lowest BCUT2D eigenvalue weighted by molar-refractivity contribution is -0.275. The van der Waals surface area contributed by atoms with E-state index in [4.69, 9.17) is 0 Å². The van der Waals surface area contributed by atoms with E-state index in [0.29, 0.717) is 9.13 Å². The number of halogens is 5. The molecule has 94 valence electrons. The number of rotatable bonds is 3. The Morgan fingerprint density at radius 3 is 2.47 bits per heavy atom. The van der Waals surface area contributed by atoms with Gasteiger partial charge in [-0.05, 0) is 47.2 Å². The first-order valence-electron chi connectivity index (χ1n) is 4.40. The molecule has 0 amide bonds. The molecule has 17 heavy (non-hydrogen) atoms. The molecule has 1 atom stereocenters. The summed E-state index contributed by atoms with van der Waals surface area (Å²) in [6.07, 6.45) is -4.71. The van der Waals surface area contributed by atoms with Crippen LogP contribution in [-0.4, -0.2) is 12.1 Å². The Hall–Kier alpha value is -0.310. The maximum atomic E-state index is 12.0. The molecule has 0 aliphatic carbocycles. The zero-order valence-corrected chi connectivity index (χ0v) is 12.3. The van der Waals surface area contributed by atoms with Crippen molar-refractivity contribution in [3.8, 4) is 5.75 Å². The molecular formula is C10H7BrF3IO2. The molecule has 0 heterocycles. The van der Waals surface area contributed by atoms with E-state index in [2.05, 4.69) is 20.7 Å². The van der Waals surface area contributed by atoms with E-state index in [9.17, 15) is 18.0 Å². The predicted octanol–water partition coefficient (Wildman–Crippen LogP) is 4.21. The lowest BCUT2D eigenvalue weighted by Crippen LogP contribution is -2.18. The second kappa shape index (κ2) is 5.55. The van der Waals surface area contributed by atoms with Crippen molar-refractivity contribution in [2.45, 2.75) is 18.1 Å². The molecule has 1 unspecified atom stereocenters. The molecule has 0 aromatic heterocycles. The van der Waals surface area contributed by atoms with Gasteiger partial charge in [-0.3, -0.25) is 4.79 Å². The minimum absolute atomic E-state index is 0.120. The number of ketones is 1. The number of ether oxygens (including phenoxy) is 1. The van der Waals surface area contributed by atoms with Gasteiger partial charge in [0.2, 0.25) is 0 Å². The number of carbonyl (C=O) groups excluding carboxylic acids is 1. The van der Waals surface area contributed by atoms with Gasteiger partial charge in [-0.15, -0.1) is 13.2 Å². The highest BCUT2D eigenvalue weighted by Gasteiger charge is 2.32. The van der Waals surface area contributed by atoms with Crippen LogP contribution < -0.4 is 4.74 Å². The van der Waals surface area contributed by atoms with Gasteiger partial charge in [0.1, 0.15) is 11.5 Å². The summed E-state index contributed by atoms with van der Waals surface area (Å²) in [5.41, 5.74) is 0.594. The van der Waals surface area contributed by atoms with E-state index >= 15 is 0 Å². The van der Waals surface area contributed by atoms with Crippen LogP contribution in [0.5, 0.6) is 5.75 Å². The highest BCUT2D eigenvalue weighted by molar-refractivity contribution is 14.1. The van der Waals surface area contributed by atoms with Gasteiger partial charge in [-0.2, -0.15) is 0 Å². The molecule has 0 bridgehead atoms. The Labute approximate surface area is 118 Å². The van der Waals surface area contributed by atoms with Gasteiger partial charge in [0.25, 0.3) is 0 Å². The van der Waals surface area contributed by atoms with Crippen molar-refractivity contribution < 1.29 is 22.7 Å². The Morgan fingerprint density at radius 1 is 1.47 bits per heavy atom. The van der Waals surface area contributed by atoms with E-state index in [1.807, 2.05) is 0 Å². The molecule has 7 heteroatoms. The molecule has 2 nitrogen and oxygen atoms in total. The molecule has 1 rings (SSSR count). The van der Waals surface area contributed by atoms with E-state index in [-0.39, 0.29) is 11.5 Å². The summed E-state index contributed by atoms with van der Waals surface area (Å²) in [7, 11) is 0. The minimum atomic E-state index is -4.71. The van der Waals surface area contributed by atoms with Crippen LogP contribution >= 0.6 is 38.5 Å². The van der Waals surface area contributed by atoms with Gasteiger partial charge in [0.15, 0.2) is 0 Å². The van der Waals surface area contributed by atoms with Gasteiger partial charge < -0.3 is 4.74 Å². The number of benzene rings is 1. The summed E-state index contributed by atoms with van der Waals surface area (Å²) in [5, 5.41) is 0. The molecular weight excluding hydrogens is 416 g/mol. The van der Waals surface area contributed by atoms with Crippen LogP contribution in [0.3, 0.4) is 0 Å². The van der Waals surface area contributed by atoms with Crippen LogP contribution in [0.2, 0.25) is 0 Å². The molecule has 1 aromatic rings. The van der Waals surface area contributed by atoms with Gasteiger partial charge >= 0.3 is 6.36 Å². The van der Waals surface area contributed by atoms with E-state index < -0.39 is 11.2 Å². The fourth-order valence-electron chi connectivity index (χ4n) is 1.12. The Balaban J connectivity index is 2.98. The highest BCUT2D eigenvalue weighted by atomic mass is 127. The maximum absolute atomic E-state index is 12.0. The van der Waals surface area contributed by atoms with Gasteiger partial charge in [-0.1, -0.05) is 22.0 Å². The van der Waals surface area contributed by atoms with Crippen molar-refractivity contribution in [2.75, 3.05) is 0 Å². The standard InChI is InChI=1S/C10H7BrF3IO2/c1-5(16)9(11)6-2-3-8(7(15)4-6)17-10(12,13)14/h2-4,9H,1H3. The van der Waals surface area contributed by atoms with Crippen molar-refractivity contribution in [1.82, 2.24) is 0 Å². The normalized spacial score (nSPS) is 13.3. The fourth-order valence-corrected chi connectivity index (χ4v) is 2.05. The van der Waals surface area contributed by atoms with Crippen molar-refractivity contribution in [3.63, 3.8) is 0 Å².